The molecular formula is C17H28O8. The van der Waals surface area contributed by atoms with Gasteiger partial charge in [0.15, 0.2) is 0 Å². The molecule has 0 unspecified atom stereocenters. The van der Waals surface area contributed by atoms with Crippen molar-refractivity contribution >= 4 is 23.9 Å². The first-order chi connectivity index (χ1) is 11.9. The maximum absolute atomic E-state index is 11.3. The highest BCUT2D eigenvalue weighted by Crippen LogP contribution is 2.10. The van der Waals surface area contributed by atoms with E-state index in [4.69, 9.17) is 9.47 Å². The van der Waals surface area contributed by atoms with Crippen LogP contribution in [0.5, 0.6) is 0 Å². The van der Waals surface area contributed by atoms with E-state index in [0.29, 0.717) is 12.8 Å². The Hall–Kier alpha value is -2.12. The molecule has 0 saturated carbocycles. The molecule has 0 saturated heterocycles. The van der Waals surface area contributed by atoms with Crippen LogP contribution in [0.2, 0.25) is 0 Å². The van der Waals surface area contributed by atoms with Crippen LogP contribution in [0, 0.1) is 0 Å². The third kappa shape index (κ3) is 18.1. The summed E-state index contributed by atoms with van der Waals surface area (Å²) in [5.74, 6) is -1.70. The second kappa shape index (κ2) is 15.4. The Balaban J connectivity index is 3.30. The maximum Gasteiger partial charge on any atom is 0.308 e. The molecule has 8 heteroatoms. The van der Waals surface area contributed by atoms with Gasteiger partial charge in [-0.15, -0.1) is 0 Å². The van der Waals surface area contributed by atoms with E-state index < -0.39 is 11.9 Å². The lowest BCUT2D eigenvalue weighted by molar-refractivity contribution is -0.167. The standard InChI is InChI=1S/C17H28O8/c1-14(18)22-12-24-16(20)10-8-6-4-3-5-7-9-11-17(21)25-13-23-15(2)19/h3-13H2,1-2H3. The van der Waals surface area contributed by atoms with Gasteiger partial charge in [-0.1, -0.05) is 32.1 Å². The molecule has 0 aromatic carbocycles. The van der Waals surface area contributed by atoms with Gasteiger partial charge < -0.3 is 18.9 Å². The Labute approximate surface area is 148 Å². The summed E-state index contributed by atoms with van der Waals surface area (Å²) in [6.45, 7) is 1.86. The molecule has 8 nitrogen and oxygen atoms in total. The summed E-state index contributed by atoms with van der Waals surface area (Å²) in [5.41, 5.74) is 0. The van der Waals surface area contributed by atoms with E-state index in [0.717, 1.165) is 44.9 Å². The summed E-state index contributed by atoms with van der Waals surface area (Å²) in [6.07, 6.45) is 7.00. The quantitative estimate of drug-likeness (QED) is 0.264. The van der Waals surface area contributed by atoms with Crippen LogP contribution in [0.4, 0.5) is 0 Å². The van der Waals surface area contributed by atoms with E-state index in [1.165, 1.54) is 13.8 Å². The molecule has 0 aliphatic rings. The van der Waals surface area contributed by atoms with Crippen molar-refractivity contribution in [2.45, 2.75) is 71.6 Å². The Morgan fingerprint density at radius 3 is 1.16 bits per heavy atom. The zero-order chi connectivity index (χ0) is 18.9. The molecule has 0 heterocycles. The number of hydrogen-bond donors (Lipinski definition) is 0. The smallest absolute Gasteiger partial charge is 0.308 e. The topological polar surface area (TPSA) is 105 Å². The van der Waals surface area contributed by atoms with Crippen LogP contribution in [-0.2, 0) is 38.1 Å². The third-order valence-corrected chi connectivity index (χ3v) is 3.23. The second-order valence-electron chi connectivity index (χ2n) is 5.52. The Morgan fingerprint density at radius 2 is 0.840 bits per heavy atom. The van der Waals surface area contributed by atoms with Crippen LogP contribution in [0.25, 0.3) is 0 Å². The van der Waals surface area contributed by atoms with E-state index in [1.807, 2.05) is 0 Å². The van der Waals surface area contributed by atoms with Crippen molar-refractivity contribution in [1.82, 2.24) is 0 Å². The van der Waals surface area contributed by atoms with Gasteiger partial charge in [0.2, 0.25) is 13.6 Å². The van der Waals surface area contributed by atoms with Crippen LogP contribution < -0.4 is 0 Å². The molecule has 0 aliphatic heterocycles. The molecule has 0 atom stereocenters. The van der Waals surface area contributed by atoms with Crippen LogP contribution >= 0.6 is 0 Å². The monoisotopic (exact) mass is 360 g/mol. The minimum atomic E-state index is -0.481. The molecule has 0 N–H and O–H groups in total. The first-order valence-corrected chi connectivity index (χ1v) is 8.49. The summed E-state index contributed by atoms with van der Waals surface area (Å²) < 4.78 is 18.5. The highest BCUT2D eigenvalue weighted by molar-refractivity contribution is 5.70. The summed E-state index contributed by atoms with van der Waals surface area (Å²) in [4.78, 5) is 43.5. The Morgan fingerprint density at radius 1 is 0.520 bits per heavy atom. The molecule has 25 heavy (non-hydrogen) atoms. The first kappa shape index (κ1) is 22.9. The zero-order valence-electron chi connectivity index (χ0n) is 15.0. The minimum Gasteiger partial charge on any atom is -0.428 e. The number of carbonyl (C=O) groups excluding carboxylic acids is 4. The van der Waals surface area contributed by atoms with Crippen molar-refractivity contribution in [3.8, 4) is 0 Å². The molecule has 0 bridgehead atoms. The Bertz CT molecular complexity index is 381. The predicted molar refractivity (Wildman–Crippen MR) is 87.0 cm³/mol. The summed E-state index contributed by atoms with van der Waals surface area (Å²) in [7, 11) is 0. The molecule has 0 aromatic rings. The number of hydrogen-bond acceptors (Lipinski definition) is 8. The van der Waals surface area contributed by atoms with Crippen LogP contribution in [0.1, 0.15) is 71.6 Å². The Kier molecular flexibility index (Phi) is 14.1. The van der Waals surface area contributed by atoms with E-state index in [-0.39, 0.29) is 25.5 Å². The van der Waals surface area contributed by atoms with E-state index in [1.54, 1.807) is 0 Å². The fraction of sp³-hybridized carbons (Fsp3) is 0.765. The third-order valence-electron chi connectivity index (χ3n) is 3.23. The maximum atomic E-state index is 11.3. The molecule has 0 amide bonds. The van der Waals surface area contributed by atoms with Gasteiger partial charge >= 0.3 is 23.9 Å². The number of esters is 4. The molecule has 144 valence electrons. The molecule has 0 aromatic heterocycles. The number of rotatable bonds is 14. The lowest BCUT2D eigenvalue weighted by Gasteiger charge is -2.05. The average molecular weight is 360 g/mol. The van der Waals surface area contributed by atoms with Crippen LogP contribution in [0.15, 0.2) is 0 Å². The van der Waals surface area contributed by atoms with E-state index in [2.05, 4.69) is 9.47 Å². The van der Waals surface area contributed by atoms with Crippen molar-refractivity contribution < 1.29 is 38.1 Å². The largest absolute Gasteiger partial charge is 0.428 e. The van der Waals surface area contributed by atoms with Crippen molar-refractivity contribution in [3.05, 3.63) is 0 Å². The van der Waals surface area contributed by atoms with Gasteiger partial charge in [0.1, 0.15) is 0 Å². The normalized spacial score (nSPS) is 10.0. The fourth-order valence-corrected chi connectivity index (χ4v) is 1.92. The fourth-order valence-electron chi connectivity index (χ4n) is 1.92. The summed E-state index contributed by atoms with van der Waals surface area (Å²) >= 11 is 0. The molecular weight excluding hydrogens is 332 g/mol. The molecule has 0 spiro atoms. The van der Waals surface area contributed by atoms with Crippen molar-refractivity contribution in [2.24, 2.45) is 0 Å². The van der Waals surface area contributed by atoms with Crippen molar-refractivity contribution in [3.63, 3.8) is 0 Å². The number of unbranched alkanes of at least 4 members (excludes halogenated alkanes) is 6. The predicted octanol–water partition coefficient (Wildman–Crippen LogP) is 2.62. The minimum absolute atomic E-state index is 0.315. The highest BCUT2D eigenvalue weighted by Gasteiger charge is 2.05. The second-order valence-corrected chi connectivity index (χ2v) is 5.52. The summed E-state index contributed by atoms with van der Waals surface area (Å²) in [6, 6.07) is 0. The van der Waals surface area contributed by atoms with Crippen LogP contribution in [0.3, 0.4) is 0 Å². The average Bonchev–Trinajstić information content (AvgIpc) is 2.52. The van der Waals surface area contributed by atoms with Gasteiger partial charge in [-0.25, -0.2) is 0 Å². The van der Waals surface area contributed by atoms with Gasteiger partial charge in [-0.2, -0.15) is 0 Å². The van der Waals surface area contributed by atoms with E-state index in [9.17, 15) is 19.2 Å². The molecule has 0 fully saturated rings. The zero-order valence-corrected chi connectivity index (χ0v) is 15.0. The van der Waals surface area contributed by atoms with Gasteiger partial charge in [0.05, 0.1) is 0 Å². The van der Waals surface area contributed by atoms with Gasteiger partial charge in [-0.05, 0) is 12.8 Å². The SMILES string of the molecule is CC(=O)OCOC(=O)CCCCCCCCCC(=O)OCOC(C)=O. The molecule has 0 aliphatic carbocycles. The van der Waals surface area contributed by atoms with Gasteiger partial charge in [0, 0.05) is 26.7 Å². The van der Waals surface area contributed by atoms with Gasteiger partial charge in [0.25, 0.3) is 0 Å². The van der Waals surface area contributed by atoms with Crippen LogP contribution in [-0.4, -0.2) is 37.5 Å². The lowest BCUT2D eigenvalue weighted by Crippen LogP contribution is -2.10. The van der Waals surface area contributed by atoms with Gasteiger partial charge in [-0.3, -0.25) is 19.2 Å². The van der Waals surface area contributed by atoms with Crippen molar-refractivity contribution in [1.29, 1.82) is 0 Å². The molecule has 0 rings (SSSR count). The molecule has 0 radical (unpaired) electrons. The summed E-state index contributed by atoms with van der Waals surface area (Å²) in [5, 5.41) is 0. The highest BCUT2D eigenvalue weighted by atomic mass is 16.7. The number of ether oxygens (including phenoxy) is 4. The van der Waals surface area contributed by atoms with E-state index >= 15 is 0 Å². The van der Waals surface area contributed by atoms with Crippen molar-refractivity contribution in [2.75, 3.05) is 13.6 Å². The lowest BCUT2D eigenvalue weighted by atomic mass is 10.1. The first-order valence-electron chi connectivity index (χ1n) is 8.49. The number of carbonyl (C=O) groups is 4.